The van der Waals surface area contributed by atoms with Crippen molar-refractivity contribution in [2.24, 2.45) is 0 Å². The number of hydrogen-bond donors (Lipinski definition) is 3. The van der Waals surface area contributed by atoms with Gasteiger partial charge in [-0.3, -0.25) is 0 Å². The normalized spacial score (nSPS) is 13.2. The Labute approximate surface area is 122 Å². The van der Waals surface area contributed by atoms with Crippen LogP contribution in [0.5, 0.6) is 0 Å². The van der Waals surface area contributed by atoms with Gasteiger partial charge in [-0.2, -0.15) is 0 Å². The number of rotatable bonds is 7. The zero-order chi connectivity index (χ0) is 14.5. The molecule has 7 nitrogen and oxygen atoms in total. The molecule has 0 aliphatic rings. The van der Waals surface area contributed by atoms with E-state index in [0.717, 1.165) is 13.1 Å². The molecule has 20 heavy (non-hydrogen) atoms. The van der Waals surface area contributed by atoms with Crippen molar-refractivity contribution in [1.82, 2.24) is 24.8 Å². The monoisotopic (exact) mass is 296 g/mol. The van der Waals surface area contributed by atoms with Crippen LogP contribution >= 0.6 is 11.8 Å². The third-order valence-electron chi connectivity index (χ3n) is 3.07. The lowest BCUT2D eigenvalue weighted by atomic mass is 10.3. The molecule has 110 valence electrons. The lowest BCUT2D eigenvalue weighted by molar-refractivity contribution is 0.136. The van der Waals surface area contributed by atoms with Crippen LogP contribution in [0.2, 0.25) is 0 Å². The Morgan fingerprint density at radius 1 is 1.40 bits per heavy atom. The number of aliphatic hydroxyl groups is 1. The second kappa shape index (κ2) is 6.87. The summed E-state index contributed by atoms with van der Waals surface area (Å²) >= 11 is 1.46. The van der Waals surface area contributed by atoms with Gasteiger partial charge in [-0.25, -0.2) is 15.0 Å². The molecule has 8 heteroatoms. The number of nitrogen functional groups attached to an aromatic ring is 1. The lowest BCUT2D eigenvalue weighted by Gasteiger charge is -2.21. The fraction of sp³-hybridized carbons (Fsp3) is 0.583. The number of imidazole rings is 1. The first-order chi connectivity index (χ1) is 9.63. The summed E-state index contributed by atoms with van der Waals surface area (Å²) in [5, 5.41) is 10.7. The minimum Gasteiger partial charge on any atom is -0.391 e. The van der Waals surface area contributed by atoms with Gasteiger partial charge in [-0.05, 0) is 13.1 Å². The van der Waals surface area contributed by atoms with Gasteiger partial charge in [0.1, 0.15) is 11.8 Å². The van der Waals surface area contributed by atoms with E-state index < -0.39 is 6.10 Å². The maximum absolute atomic E-state index is 10.0. The molecule has 0 amide bonds. The average Bonchev–Trinajstić information content (AvgIpc) is 2.87. The van der Waals surface area contributed by atoms with Crippen LogP contribution in [-0.2, 0) is 0 Å². The molecule has 2 aromatic heterocycles. The molecule has 0 unspecified atom stereocenters. The molecule has 2 aromatic rings. The van der Waals surface area contributed by atoms with Gasteiger partial charge in [0.05, 0.1) is 6.10 Å². The molecule has 4 N–H and O–H groups in total. The molecule has 0 saturated carbocycles. The van der Waals surface area contributed by atoms with Crippen LogP contribution in [-0.4, -0.2) is 61.4 Å². The number of nitrogens with zero attached hydrogens (tertiary/aromatic N) is 4. The number of fused-ring (bicyclic) bond motifs is 1. The zero-order valence-corrected chi connectivity index (χ0v) is 12.5. The smallest absolute Gasteiger partial charge is 0.183 e. The Kier molecular flexibility index (Phi) is 5.16. The van der Waals surface area contributed by atoms with Crippen molar-refractivity contribution in [2.45, 2.75) is 25.1 Å². The van der Waals surface area contributed by atoms with Gasteiger partial charge < -0.3 is 20.7 Å². The van der Waals surface area contributed by atoms with E-state index >= 15 is 0 Å². The van der Waals surface area contributed by atoms with Crippen LogP contribution < -0.4 is 5.73 Å². The molecule has 0 spiro atoms. The Balaban J connectivity index is 1.94. The lowest BCUT2D eigenvalue weighted by Crippen LogP contribution is -2.33. The first kappa shape index (κ1) is 15.0. The van der Waals surface area contributed by atoms with Gasteiger partial charge in [0.2, 0.25) is 0 Å². The second-order valence-electron chi connectivity index (χ2n) is 4.45. The van der Waals surface area contributed by atoms with E-state index in [9.17, 15) is 5.11 Å². The summed E-state index contributed by atoms with van der Waals surface area (Å²) in [6.45, 7) is 6.72. The summed E-state index contributed by atoms with van der Waals surface area (Å²) in [6, 6.07) is 0. The molecule has 0 radical (unpaired) electrons. The van der Waals surface area contributed by atoms with Crippen molar-refractivity contribution in [2.75, 3.05) is 31.1 Å². The van der Waals surface area contributed by atoms with Crippen molar-refractivity contribution in [3.63, 3.8) is 0 Å². The topological polar surface area (TPSA) is 104 Å². The summed E-state index contributed by atoms with van der Waals surface area (Å²) < 4.78 is 0. The van der Waals surface area contributed by atoms with Crippen molar-refractivity contribution < 1.29 is 5.11 Å². The van der Waals surface area contributed by atoms with E-state index in [1.54, 1.807) is 0 Å². The highest BCUT2D eigenvalue weighted by Gasteiger charge is 2.12. The number of nitrogens with two attached hydrogens (primary N) is 1. The summed E-state index contributed by atoms with van der Waals surface area (Å²) in [5.74, 6) is 0.960. The Morgan fingerprint density at radius 3 is 2.80 bits per heavy atom. The summed E-state index contributed by atoms with van der Waals surface area (Å²) in [4.78, 5) is 17.5. The van der Waals surface area contributed by atoms with E-state index in [4.69, 9.17) is 5.73 Å². The zero-order valence-electron chi connectivity index (χ0n) is 11.7. The average molecular weight is 296 g/mol. The molecule has 1 atom stereocenters. The fourth-order valence-corrected chi connectivity index (χ4v) is 2.68. The van der Waals surface area contributed by atoms with E-state index in [2.05, 4.69) is 38.7 Å². The molecule has 2 heterocycles. The number of aromatic nitrogens is 4. The summed E-state index contributed by atoms with van der Waals surface area (Å²) in [6.07, 6.45) is 0.999. The number of aromatic amines is 1. The number of H-pyrrole nitrogens is 1. The summed E-state index contributed by atoms with van der Waals surface area (Å²) in [5.41, 5.74) is 6.94. The third kappa shape index (κ3) is 3.59. The predicted molar refractivity (Wildman–Crippen MR) is 80.6 cm³/mol. The van der Waals surface area contributed by atoms with Gasteiger partial charge in [0, 0.05) is 12.3 Å². The minimum absolute atomic E-state index is 0.387. The van der Waals surface area contributed by atoms with Crippen LogP contribution in [0.25, 0.3) is 11.2 Å². The SMILES string of the molecule is CCN(CC)C[C@@H](O)CSc1nc2ncnc(N)c2[nH]1. The van der Waals surface area contributed by atoms with Gasteiger partial charge >= 0.3 is 0 Å². The second-order valence-corrected chi connectivity index (χ2v) is 5.46. The molecule has 0 aromatic carbocycles. The Morgan fingerprint density at radius 2 is 2.15 bits per heavy atom. The number of nitrogens with one attached hydrogen (secondary N) is 1. The van der Waals surface area contributed by atoms with Crippen molar-refractivity contribution in [1.29, 1.82) is 0 Å². The summed E-state index contributed by atoms with van der Waals surface area (Å²) in [7, 11) is 0. The first-order valence-corrected chi connectivity index (χ1v) is 7.62. The van der Waals surface area contributed by atoms with Gasteiger partial charge in [0.15, 0.2) is 16.6 Å². The van der Waals surface area contributed by atoms with E-state index in [1.807, 2.05) is 0 Å². The highest BCUT2D eigenvalue weighted by atomic mass is 32.2. The molecule has 0 aliphatic carbocycles. The quantitative estimate of drug-likeness (QED) is 0.647. The van der Waals surface area contributed by atoms with Crippen LogP contribution in [0.3, 0.4) is 0 Å². The molecular weight excluding hydrogens is 276 g/mol. The Hall–Kier alpha value is -1.38. The number of thioether (sulfide) groups is 1. The minimum atomic E-state index is -0.392. The fourth-order valence-electron chi connectivity index (χ4n) is 1.90. The largest absolute Gasteiger partial charge is 0.391 e. The predicted octanol–water partition coefficient (Wildman–Crippen LogP) is 0.730. The standard InChI is InChI=1S/C12H20N6OS/c1-3-18(4-2)5-8(19)6-20-12-16-9-10(13)14-7-15-11(9)17-12/h7-8,19H,3-6H2,1-2H3,(H3,13,14,15,16,17)/t8-/m1/s1. The van der Waals surface area contributed by atoms with E-state index in [0.29, 0.717) is 34.4 Å². The number of hydrogen-bond acceptors (Lipinski definition) is 7. The molecule has 0 saturated heterocycles. The van der Waals surface area contributed by atoms with E-state index in [-0.39, 0.29) is 0 Å². The van der Waals surface area contributed by atoms with Gasteiger partial charge in [-0.15, -0.1) is 0 Å². The molecule has 0 bridgehead atoms. The molecule has 0 aliphatic heterocycles. The first-order valence-electron chi connectivity index (χ1n) is 6.63. The highest BCUT2D eigenvalue weighted by molar-refractivity contribution is 7.99. The van der Waals surface area contributed by atoms with Crippen LogP contribution in [0.15, 0.2) is 11.5 Å². The van der Waals surface area contributed by atoms with E-state index in [1.165, 1.54) is 18.1 Å². The highest BCUT2D eigenvalue weighted by Crippen LogP contribution is 2.21. The molecule has 2 rings (SSSR count). The van der Waals surface area contributed by atoms with Crippen LogP contribution in [0.4, 0.5) is 5.82 Å². The van der Waals surface area contributed by atoms with Gasteiger partial charge in [0.25, 0.3) is 0 Å². The maximum Gasteiger partial charge on any atom is 0.183 e. The number of likely N-dealkylation sites (N-methyl/N-ethyl adjacent to an activating group) is 1. The van der Waals surface area contributed by atoms with Gasteiger partial charge in [-0.1, -0.05) is 25.6 Å². The number of aliphatic hydroxyl groups excluding tert-OH is 1. The van der Waals surface area contributed by atoms with Crippen molar-refractivity contribution >= 4 is 28.7 Å². The van der Waals surface area contributed by atoms with Crippen LogP contribution in [0, 0.1) is 0 Å². The third-order valence-corrected chi connectivity index (χ3v) is 4.09. The van der Waals surface area contributed by atoms with Crippen LogP contribution in [0.1, 0.15) is 13.8 Å². The van der Waals surface area contributed by atoms with Crippen molar-refractivity contribution in [3.8, 4) is 0 Å². The maximum atomic E-state index is 10.0. The Bertz CT molecular complexity index is 556. The number of anilines is 1. The van der Waals surface area contributed by atoms with Crippen molar-refractivity contribution in [3.05, 3.63) is 6.33 Å². The molecular formula is C12H20N6OS. The molecule has 0 fully saturated rings.